The molecule has 1 unspecified atom stereocenters. The third-order valence-electron chi connectivity index (χ3n) is 3.37. The minimum absolute atomic E-state index is 0.188. The molecule has 0 saturated carbocycles. The number of alkyl halides is 3. The van der Waals surface area contributed by atoms with Crippen LogP contribution in [0, 0.1) is 0 Å². The quantitative estimate of drug-likeness (QED) is 0.373. The van der Waals surface area contributed by atoms with Crippen LogP contribution in [0.5, 0.6) is 0 Å². The van der Waals surface area contributed by atoms with Gasteiger partial charge < -0.3 is 10.4 Å². The Bertz CT molecular complexity index is 755. The molecule has 0 radical (unpaired) electrons. The standard InChI is InChI=1S/C14H18ClF3N2O4S2/c1-13(22,14(16,17)18)12(21)20-11-5-4-9(8-10(11)15)26(23,24)19-6-2-3-7-25/h4-5,8,19,22,25H,2-3,6-7H2,1H3,(H,20,21). The maximum atomic E-state index is 12.6. The van der Waals surface area contributed by atoms with E-state index in [0.29, 0.717) is 19.1 Å². The second-order valence-corrected chi connectivity index (χ2v) is 8.12. The number of nitrogens with one attached hydrogen (secondary N) is 2. The zero-order chi connectivity index (χ0) is 20.2. The zero-order valence-electron chi connectivity index (χ0n) is 13.6. The van der Waals surface area contributed by atoms with Crippen LogP contribution in [-0.4, -0.2) is 43.5 Å². The predicted octanol–water partition coefficient (Wildman–Crippen LogP) is 2.58. The van der Waals surface area contributed by atoms with E-state index in [-0.39, 0.29) is 22.2 Å². The molecule has 1 atom stereocenters. The van der Waals surface area contributed by atoms with Gasteiger partial charge in [-0.1, -0.05) is 11.6 Å². The van der Waals surface area contributed by atoms with Crippen LogP contribution in [0.3, 0.4) is 0 Å². The Morgan fingerprint density at radius 1 is 1.31 bits per heavy atom. The van der Waals surface area contributed by atoms with Gasteiger partial charge >= 0.3 is 6.18 Å². The van der Waals surface area contributed by atoms with Crippen LogP contribution in [-0.2, 0) is 14.8 Å². The molecule has 6 nitrogen and oxygen atoms in total. The average molecular weight is 435 g/mol. The third-order valence-corrected chi connectivity index (χ3v) is 5.46. The highest BCUT2D eigenvalue weighted by atomic mass is 35.5. The van der Waals surface area contributed by atoms with E-state index >= 15 is 0 Å². The summed E-state index contributed by atoms with van der Waals surface area (Å²) in [5, 5.41) is 10.8. The number of rotatable bonds is 8. The number of carbonyl (C=O) groups excluding carboxylic acids is 1. The molecule has 1 amide bonds. The molecule has 0 aliphatic carbocycles. The van der Waals surface area contributed by atoms with E-state index < -0.39 is 27.7 Å². The van der Waals surface area contributed by atoms with Gasteiger partial charge in [0.05, 0.1) is 15.6 Å². The first-order chi connectivity index (χ1) is 11.8. The summed E-state index contributed by atoms with van der Waals surface area (Å²) in [6, 6.07) is 3.10. The zero-order valence-corrected chi connectivity index (χ0v) is 16.1. The Kier molecular flexibility index (Phi) is 7.78. The first-order valence-corrected chi connectivity index (χ1v) is 9.83. The number of sulfonamides is 1. The number of anilines is 1. The smallest absolute Gasteiger partial charge is 0.373 e. The molecule has 1 aromatic carbocycles. The Labute approximate surface area is 159 Å². The van der Waals surface area contributed by atoms with Crippen molar-refractivity contribution >= 4 is 45.8 Å². The van der Waals surface area contributed by atoms with E-state index in [4.69, 9.17) is 11.6 Å². The van der Waals surface area contributed by atoms with Gasteiger partial charge in [0.15, 0.2) is 0 Å². The summed E-state index contributed by atoms with van der Waals surface area (Å²) in [4.78, 5) is 11.4. The minimum atomic E-state index is -5.19. The van der Waals surface area contributed by atoms with Gasteiger partial charge in [-0.2, -0.15) is 25.8 Å². The molecule has 3 N–H and O–H groups in total. The van der Waals surface area contributed by atoms with Crippen molar-refractivity contribution in [3.05, 3.63) is 23.2 Å². The van der Waals surface area contributed by atoms with Gasteiger partial charge in [0.1, 0.15) is 0 Å². The maximum absolute atomic E-state index is 12.6. The Hall–Kier alpha value is -1.01. The van der Waals surface area contributed by atoms with Crippen LogP contribution in [0.15, 0.2) is 23.1 Å². The van der Waals surface area contributed by atoms with Gasteiger partial charge in [0.2, 0.25) is 15.6 Å². The van der Waals surface area contributed by atoms with Crippen molar-refractivity contribution in [3.63, 3.8) is 0 Å². The monoisotopic (exact) mass is 434 g/mol. The van der Waals surface area contributed by atoms with Gasteiger partial charge in [-0.15, -0.1) is 0 Å². The lowest BCUT2D eigenvalue weighted by molar-refractivity contribution is -0.242. The third kappa shape index (κ3) is 5.74. The van der Waals surface area contributed by atoms with Crippen LogP contribution in [0.1, 0.15) is 19.8 Å². The molecule has 1 aromatic rings. The fourth-order valence-electron chi connectivity index (χ4n) is 1.66. The predicted molar refractivity (Wildman–Crippen MR) is 95.0 cm³/mol. The van der Waals surface area contributed by atoms with Crippen LogP contribution in [0.4, 0.5) is 18.9 Å². The second kappa shape index (κ2) is 8.79. The molecule has 26 heavy (non-hydrogen) atoms. The second-order valence-electron chi connectivity index (χ2n) is 5.49. The van der Waals surface area contributed by atoms with E-state index in [9.17, 15) is 31.5 Å². The van der Waals surface area contributed by atoms with E-state index in [1.807, 2.05) is 5.32 Å². The largest absolute Gasteiger partial charge is 0.426 e. The number of halogens is 4. The molecule has 0 saturated heterocycles. The molecular formula is C14H18ClF3N2O4S2. The number of aliphatic hydroxyl groups is 1. The normalized spacial score (nSPS) is 14.7. The summed E-state index contributed by atoms with van der Waals surface area (Å²) in [6.07, 6.45) is -3.89. The number of hydrogen-bond acceptors (Lipinski definition) is 5. The minimum Gasteiger partial charge on any atom is -0.373 e. The number of unbranched alkanes of at least 4 members (excludes halogenated alkanes) is 1. The molecular weight excluding hydrogens is 417 g/mol. The maximum Gasteiger partial charge on any atom is 0.426 e. The average Bonchev–Trinajstić information content (AvgIpc) is 2.52. The number of amides is 1. The highest BCUT2D eigenvalue weighted by Gasteiger charge is 2.55. The van der Waals surface area contributed by atoms with Crippen molar-refractivity contribution in [1.82, 2.24) is 4.72 Å². The lowest BCUT2D eigenvalue weighted by Crippen LogP contribution is -2.52. The van der Waals surface area contributed by atoms with Crippen LogP contribution in [0.2, 0.25) is 5.02 Å². The van der Waals surface area contributed by atoms with E-state index in [0.717, 1.165) is 24.6 Å². The molecule has 148 valence electrons. The number of benzene rings is 1. The Morgan fingerprint density at radius 2 is 1.92 bits per heavy atom. The number of thiol groups is 1. The van der Waals surface area contributed by atoms with Crippen molar-refractivity contribution in [2.75, 3.05) is 17.6 Å². The molecule has 1 rings (SSSR count). The molecule has 0 aliphatic rings. The molecule has 0 spiro atoms. The van der Waals surface area contributed by atoms with Gasteiger partial charge in [-0.05, 0) is 43.7 Å². The summed E-state index contributed by atoms with van der Waals surface area (Å²) in [5.41, 5.74) is -3.90. The number of hydrogen-bond donors (Lipinski definition) is 4. The molecule has 0 fully saturated rings. The highest BCUT2D eigenvalue weighted by molar-refractivity contribution is 7.89. The summed E-state index contributed by atoms with van der Waals surface area (Å²) >= 11 is 9.86. The van der Waals surface area contributed by atoms with Crippen molar-refractivity contribution in [1.29, 1.82) is 0 Å². The van der Waals surface area contributed by atoms with Gasteiger partial charge in [0, 0.05) is 6.54 Å². The van der Waals surface area contributed by atoms with Gasteiger partial charge in [0.25, 0.3) is 5.91 Å². The Balaban J connectivity index is 2.93. The van der Waals surface area contributed by atoms with Crippen molar-refractivity contribution < 1.29 is 31.5 Å². The van der Waals surface area contributed by atoms with Gasteiger partial charge in [-0.25, -0.2) is 13.1 Å². The fraction of sp³-hybridized carbons (Fsp3) is 0.500. The Morgan fingerprint density at radius 3 is 2.42 bits per heavy atom. The van der Waals surface area contributed by atoms with E-state index in [1.54, 1.807) is 0 Å². The lowest BCUT2D eigenvalue weighted by Gasteiger charge is -2.25. The molecule has 0 heterocycles. The first kappa shape index (κ1) is 23.0. The summed E-state index contributed by atoms with van der Waals surface area (Å²) < 4.78 is 64.5. The van der Waals surface area contributed by atoms with Crippen molar-refractivity contribution in [3.8, 4) is 0 Å². The van der Waals surface area contributed by atoms with E-state index in [2.05, 4.69) is 17.4 Å². The molecule has 0 bridgehead atoms. The first-order valence-electron chi connectivity index (χ1n) is 7.33. The van der Waals surface area contributed by atoms with Crippen molar-refractivity contribution in [2.24, 2.45) is 0 Å². The van der Waals surface area contributed by atoms with Crippen LogP contribution < -0.4 is 10.0 Å². The van der Waals surface area contributed by atoms with Crippen LogP contribution in [0.25, 0.3) is 0 Å². The number of carbonyl (C=O) groups is 1. The summed E-state index contributed by atoms with van der Waals surface area (Å²) in [7, 11) is -3.86. The van der Waals surface area contributed by atoms with E-state index in [1.165, 1.54) is 0 Å². The fourth-order valence-corrected chi connectivity index (χ4v) is 3.28. The summed E-state index contributed by atoms with van der Waals surface area (Å²) in [5.74, 6) is -1.13. The van der Waals surface area contributed by atoms with Crippen LogP contribution >= 0.6 is 24.2 Å². The molecule has 0 aliphatic heterocycles. The van der Waals surface area contributed by atoms with Gasteiger partial charge in [-0.3, -0.25) is 4.79 Å². The summed E-state index contributed by atoms with van der Waals surface area (Å²) in [6.45, 7) is 0.483. The molecule has 12 heteroatoms. The molecule has 0 aromatic heterocycles. The topological polar surface area (TPSA) is 95.5 Å². The SMILES string of the molecule is CC(O)(C(=O)Nc1ccc(S(=O)(=O)NCCCCS)cc1Cl)C(F)(F)F. The lowest BCUT2D eigenvalue weighted by atomic mass is 10.1. The van der Waals surface area contributed by atoms with Crippen molar-refractivity contribution in [2.45, 2.75) is 36.4 Å². The highest BCUT2D eigenvalue weighted by Crippen LogP contribution is 2.32.